The number of hydrogen-bond acceptors (Lipinski definition) is 4. The molecule has 0 saturated heterocycles. The third-order valence-electron chi connectivity index (χ3n) is 2.74. The smallest absolute Gasteiger partial charge is 0.258 e. The Labute approximate surface area is 108 Å². The van der Waals surface area contributed by atoms with Crippen LogP contribution in [-0.2, 0) is 0 Å². The Kier molecular flexibility index (Phi) is 3.24. The molecule has 0 heterocycles. The molecule has 0 atom stereocenters. The number of nitrogens with zero attached hydrogens (tertiary/aromatic N) is 2. The molecular weight excluding hydrogens is 248 g/mol. The number of benzene rings is 2. The molecule has 0 fully saturated rings. The Hall–Kier alpha value is -2.76. The molecule has 0 amide bonds. The first kappa shape index (κ1) is 12.7. The van der Waals surface area contributed by atoms with Crippen molar-refractivity contribution in [1.29, 1.82) is 0 Å². The fraction of sp³-hybridized carbons (Fsp3) is 0.0769. The highest BCUT2D eigenvalue weighted by molar-refractivity contribution is 5.80. The van der Waals surface area contributed by atoms with Crippen molar-refractivity contribution in [2.75, 3.05) is 0 Å². The number of para-hydroxylation sites is 1. The number of nitro groups is 2. The van der Waals surface area contributed by atoms with Gasteiger partial charge in [0.25, 0.3) is 11.4 Å². The Bertz CT molecular complexity index is 667. The van der Waals surface area contributed by atoms with Gasteiger partial charge in [0.2, 0.25) is 0 Å². The Morgan fingerprint density at radius 1 is 0.842 bits per heavy atom. The van der Waals surface area contributed by atoms with Gasteiger partial charge in [-0.1, -0.05) is 18.2 Å². The van der Waals surface area contributed by atoms with Gasteiger partial charge in [-0.2, -0.15) is 0 Å². The van der Waals surface area contributed by atoms with Crippen LogP contribution >= 0.6 is 0 Å². The maximum atomic E-state index is 11.1. The zero-order valence-corrected chi connectivity index (χ0v) is 10.1. The van der Waals surface area contributed by atoms with Crippen LogP contribution in [0.4, 0.5) is 11.4 Å². The van der Waals surface area contributed by atoms with Crippen molar-refractivity contribution in [3.8, 4) is 11.1 Å². The van der Waals surface area contributed by atoms with Crippen molar-refractivity contribution < 1.29 is 9.85 Å². The van der Waals surface area contributed by atoms with E-state index in [1.54, 1.807) is 19.1 Å². The highest BCUT2D eigenvalue weighted by Crippen LogP contribution is 2.36. The fourth-order valence-corrected chi connectivity index (χ4v) is 1.88. The van der Waals surface area contributed by atoms with Crippen LogP contribution in [0.5, 0.6) is 0 Å². The van der Waals surface area contributed by atoms with Gasteiger partial charge in [0.05, 0.1) is 21.0 Å². The predicted molar refractivity (Wildman–Crippen MR) is 69.9 cm³/mol. The molecule has 0 N–H and O–H groups in total. The Morgan fingerprint density at radius 3 is 2.05 bits per heavy atom. The Morgan fingerprint density at radius 2 is 1.42 bits per heavy atom. The van der Waals surface area contributed by atoms with E-state index in [1.807, 2.05) is 0 Å². The lowest BCUT2D eigenvalue weighted by Crippen LogP contribution is -1.96. The van der Waals surface area contributed by atoms with Crippen LogP contribution in [0.1, 0.15) is 5.56 Å². The van der Waals surface area contributed by atoms with E-state index in [0.717, 1.165) is 5.56 Å². The summed E-state index contributed by atoms with van der Waals surface area (Å²) >= 11 is 0. The first-order valence-corrected chi connectivity index (χ1v) is 5.49. The van der Waals surface area contributed by atoms with Gasteiger partial charge in [-0.25, -0.2) is 0 Å². The van der Waals surface area contributed by atoms with E-state index in [-0.39, 0.29) is 22.5 Å². The minimum Gasteiger partial charge on any atom is -0.258 e. The van der Waals surface area contributed by atoms with Gasteiger partial charge in [0, 0.05) is 12.1 Å². The van der Waals surface area contributed by atoms with Crippen LogP contribution in [-0.4, -0.2) is 9.85 Å². The van der Waals surface area contributed by atoms with E-state index in [1.165, 1.54) is 30.3 Å². The van der Waals surface area contributed by atoms with Gasteiger partial charge in [-0.3, -0.25) is 20.2 Å². The van der Waals surface area contributed by atoms with Crippen molar-refractivity contribution in [3.63, 3.8) is 0 Å². The summed E-state index contributed by atoms with van der Waals surface area (Å²) in [6, 6.07) is 10.6. The third-order valence-corrected chi connectivity index (χ3v) is 2.74. The predicted octanol–water partition coefficient (Wildman–Crippen LogP) is 3.48. The SMILES string of the molecule is Cc1ccc(-c2ccccc2[N+](=O)[O-])c([N+](=O)[O-])c1. The second kappa shape index (κ2) is 4.85. The molecule has 6 nitrogen and oxygen atoms in total. The summed E-state index contributed by atoms with van der Waals surface area (Å²) in [4.78, 5) is 21.0. The molecule has 2 aromatic carbocycles. The lowest BCUT2D eigenvalue weighted by Gasteiger charge is -2.05. The molecule has 96 valence electrons. The minimum atomic E-state index is -0.543. The molecule has 0 unspecified atom stereocenters. The zero-order valence-electron chi connectivity index (χ0n) is 10.1. The van der Waals surface area contributed by atoms with Crippen LogP contribution in [0.2, 0.25) is 0 Å². The van der Waals surface area contributed by atoms with Crippen LogP contribution in [0.15, 0.2) is 42.5 Å². The summed E-state index contributed by atoms with van der Waals surface area (Å²) in [6.45, 7) is 1.73. The first-order valence-electron chi connectivity index (χ1n) is 5.49. The molecule has 0 bridgehead atoms. The molecule has 0 aromatic heterocycles. The molecule has 0 radical (unpaired) electrons. The number of hydrogen-bond donors (Lipinski definition) is 0. The summed E-state index contributed by atoms with van der Waals surface area (Å²) in [5, 5.41) is 22.0. The number of aryl methyl sites for hydroxylation is 1. The van der Waals surface area contributed by atoms with E-state index in [9.17, 15) is 20.2 Å². The van der Waals surface area contributed by atoms with Gasteiger partial charge in [-0.05, 0) is 24.6 Å². The molecule has 6 heteroatoms. The van der Waals surface area contributed by atoms with Crippen molar-refractivity contribution >= 4 is 11.4 Å². The van der Waals surface area contributed by atoms with Crippen LogP contribution in [0, 0.1) is 27.2 Å². The molecule has 19 heavy (non-hydrogen) atoms. The van der Waals surface area contributed by atoms with Gasteiger partial charge >= 0.3 is 0 Å². The van der Waals surface area contributed by atoms with Crippen molar-refractivity contribution in [2.45, 2.75) is 6.92 Å². The monoisotopic (exact) mass is 258 g/mol. The molecule has 0 spiro atoms. The standard InChI is InChI=1S/C13H10N2O4/c1-9-6-7-11(13(8-9)15(18)19)10-4-2-3-5-12(10)14(16)17/h2-8H,1H3. The maximum Gasteiger partial charge on any atom is 0.277 e. The van der Waals surface area contributed by atoms with E-state index >= 15 is 0 Å². The summed E-state index contributed by atoms with van der Waals surface area (Å²) in [5.41, 5.74) is 0.958. The normalized spacial score (nSPS) is 10.2. The molecule has 0 aliphatic rings. The average Bonchev–Trinajstić information content (AvgIpc) is 2.38. The highest BCUT2D eigenvalue weighted by atomic mass is 16.6. The minimum absolute atomic E-state index is 0.130. The molecular formula is C13H10N2O4. The molecule has 0 aliphatic heterocycles. The fourth-order valence-electron chi connectivity index (χ4n) is 1.88. The third kappa shape index (κ3) is 2.42. The first-order chi connectivity index (χ1) is 9.00. The highest BCUT2D eigenvalue weighted by Gasteiger charge is 2.22. The number of rotatable bonds is 3. The molecule has 0 aliphatic carbocycles. The van der Waals surface area contributed by atoms with E-state index in [4.69, 9.17) is 0 Å². The largest absolute Gasteiger partial charge is 0.277 e. The second-order valence-corrected chi connectivity index (χ2v) is 4.05. The zero-order chi connectivity index (χ0) is 14.0. The maximum absolute atomic E-state index is 11.1. The van der Waals surface area contributed by atoms with Gasteiger partial charge < -0.3 is 0 Å². The summed E-state index contributed by atoms with van der Waals surface area (Å²) in [6.07, 6.45) is 0. The summed E-state index contributed by atoms with van der Waals surface area (Å²) < 4.78 is 0. The van der Waals surface area contributed by atoms with Crippen molar-refractivity contribution in [3.05, 3.63) is 68.3 Å². The number of nitro benzene ring substituents is 2. The quantitative estimate of drug-likeness (QED) is 0.622. The lowest BCUT2D eigenvalue weighted by molar-refractivity contribution is -0.386. The summed E-state index contributed by atoms with van der Waals surface area (Å²) in [7, 11) is 0. The van der Waals surface area contributed by atoms with Gasteiger partial charge in [0.15, 0.2) is 0 Å². The Balaban J connectivity index is 2.72. The average molecular weight is 258 g/mol. The van der Waals surface area contributed by atoms with Crippen molar-refractivity contribution in [2.24, 2.45) is 0 Å². The van der Waals surface area contributed by atoms with Crippen LogP contribution in [0.25, 0.3) is 11.1 Å². The van der Waals surface area contributed by atoms with E-state index in [0.29, 0.717) is 0 Å². The van der Waals surface area contributed by atoms with E-state index in [2.05, 4.69) is 0 Å². The van der Waals surface area contributed by atoms with Gasteiger partial charge in [-0.15, -0.1) is 0 Å². The molecule has 2 rings (SSSR count). The second-order valence-electron chi connectivity index (χ2n) is 4.05. The topological polar surface area (TPSA) is 86.3 Å². The van der Waals surface area contributed by atoms with Crippen LogP contribution < -0.4 is 0 Å². The molecule has 2 aromatic rings. The van der Waals surface area contributed by atoms with Gasteiger partial charge in [0.1, 0.15) is 0 Å². The van der Waals surface area contributed by atoms with Crippen molar-refractivity contribution in [1.82, 2.24) is 0 Å². The lowest BCUT2D eigenvalue weighted by atomic mass is 10.0. The van der Waals surface area contributed by atoms with Crippen LogP contribution in [0.3, 0.4) is 0 Å². The molecule has 0 saturated carbocycles. The summed E-state index contributed by atoms with van der Waals surface area (Å²) in [5.74, 6) is 0. The van der Waals surface area contributed by atoms with E-state index < -0.39 is 9.85 Å².